The zero-order valence-electron chi connectivity index (χ0n) is 16.9. The molecule has 162 valence electrons. The molecule has 0 fully saturated rings. The van der Waals surface area contributed by atoms with E-state index in [1.165, 1.54) is 25.3 Å². The van der Waals surface area contributed by atoms with E-state index < -0.39 is 33.7 Å². The van der Waals surface area contributed by atoms with Crippen molar-refractivity contribution in [1.82, 2.24) is 4.31 Å². The first-order valence-electron chi connectivity index (χ1n) is 9.21. The van der Waals surface area contributed by atoms with Crippen LogP contribution in [-0.2, 0) is 29.1 Å². The predicted molar refractivity (Wildman–Crippen MR) is 107 cm³/mol. The van der Waals surface area contributed by atoms with Gasteiger partial charge in [-0.25, -0.2) is 17.5 Å². The van der Waals surface area contributed by atoms with E-state index in [1.807, 2.05) is 6.92 Å². The lowest BCUT2D eigenvalue weighted by Gasteiger charge is -2.26. The lowest BCUT2D eigenvalue weighted by molar-refractivity contribution is -0.136. The Morgan fingerprint density at radius 3 is 2.39 bits per heavy atom. The van der Waals surface area contributed by atoms with Gasteiger partial charge in [0.2, 0.25) is 6.79 Å². The Hall–Kier alpha value is -3.53. The molecule has 2 aromatic rings. The number of carbonyl (C=O) groups is 2. The molecular formula is C21H19NO8S. The number of rotatable bonds is 5. The Kier molecular flexibility index (Phi) is 5.10. The Morgan fingerprint density at radius 2 is 1.74 bits per heavy atom. The number of hydrogen-bond donors (Lipinski definition) is 0. The van der Waals surface area contributed by atoms with Crippen LogP contribution in [0.25, 0.3) is 0 Å². The van der Waals surface area contributed by atoms with Crippen molar-refractivity contribution < 1.29 is 37.0 Å². The summed E-state index contributed by atoms with van der Waals surface area (Å²) in [4.78, 5) is 25.7. The number of ether oxygens (including phenoxy) is 4. The van der Waals surface area contributed by atoms with Crippen molar-refractivity contribution >= 4 is 21.9 Å². The van der Waals surface area contributed by atoms with Crippen molar-refractivity contribution in [2.24, 2.45) is 0 Å². The number of fused-ring (bicyclic) bond motifs is 1. The Morgan fingerprint density at radius 1 is 1.06 bits per heavy atom. The van der Waals surface area contributed by atoms with Crippen molar-refractivity contribution in [2.75, 3.05) is 21.0 Å². The highest BCUT2D eigenvalue weighted by molar-refractivity contribution is 7.89. The van der Waals surface area contributed by atoms with E-state index >= 15 is 0 Å². The number of carbonyl (C=O) groups excluding carboxylic acids is 2. The van der Waals surface area contributed by atoms with E-state index in [2.05, 4.69) is 0 Å². The first-order chi connectivity index (χ1) is 14.8. The molecule has 2 aliphatic heterocycles. The fraction of sp³-hybridized carbons (Fsp3) is 0.238. The van der Waals surface area contributed by atoms with Gasteiger partial charge in [0.25, 0.3) is 10.0 Å². The third-order valence-electron chi connectivity index (χ3n) is 5.05. The first-order valence-corrected chi connectivity index (χ1v) is 10.6. The van der Waals surface area contributed by atoms with E-state index in [1.54, 1.807) is 24.3 Å². The third-order valence-corrected chi connectivity index (χ3v) is 6.81. The van der Waals surface area contributed by atoms with Crippen LogP contribution in [0.2, 0.25) is 0 Å². The number of aryl methyl sites for hydroxylation is 1. The SMILES string of the molecule is COC(=O)C1=C(OC)C(=O)N(S(=O)(=O)c2ccc(C)cc2)C1c1ccc2c(c1)OCO2. The lowest BCUT2D eigenvalue weighted by atomic mass is 10.00. The van der Waals surface area contributed by atoms with Crippen LogP contribution >= 0.6 is 0 Å². The van der Waals surface area contributed by atoms with Crippen LogP contribution in [0.4, 0.5) is 0 Å². The number of amides is 1. The van der Waals surface area contributed by atoms with E-state index in [0.29, 0.717) is 21.4 Å². The fourth-order valence-electron chi connectivity index (χ4n) is 3.54. The van der Waals surface area contributed by atoms with Gasteiger partial charge >= 0.3 is 11.9 Å². The topological polar surface area (TPSA) is 108 Å². The Balaban J connectivity index is 1.92. The average molecular weight is 445 g/mol. The summed E-state index contributed by atoms with van der Waals surface area (Å²) < 4.78 is 48.3. The standard InChI is InChI=1S/C21H19NO8S/c1-12-4-7-14(8-5-12)31(25,26)22-18(13-6-9-15-16(10-13)30-11-29-15)17(21(24)28-3)19(27-2)20(22)23/h4-10,18H,11H2,1-3H3. The van der Waals surface area contributed by atoms with Crippen molar-refractivity contribution in [1.29, 1.82) is 0 Å². The molecule has 1 amide bonds. The number of esters is 1. The molecular weight excluding hydrogens is 426 g/mol. The molecule has 0 saturated carbocycles. The summed E-state index contributed by atoms with van der Waals surface area (Å²) in [6.45, 7) is 1.82. The van der Waals surface area contributed by atoms with Crippen molar-refractivity contribution in [3.63, 3.8) is 0 Å². The number of methoxy groups -OCH3 is 2. The number of benzene rings is 2. The summed E-state index contributed by atoms with van der Waals surface area (Å²) in [6, 6.07) is 9.40. The third kappa shape index (κ3) is 3.28. The van der Waals surface area contributed by atoms with Gasteiger partial charge in [-0.3, -0.25) is 4.79 Å². The molecule has 1 unspecified atom stereocenters. The van der Waals surface area contributed by atoms with Gasteiger partial charge in [-0.1, -0.05) is 23.8 Å². The quantitative estimate of drug-likeness (QED) is 0.644. The minimum atomic E-state index is -4.35. The highest BCUT2D eigenvalue weighted by Gasteiger charge is 2.51. The second-order valence-electron chi connectivity index (χ2n) is 6.87. The highest BCUT2D eigenvalue weighted by Crippen LogP contribution is 2.45. The monoisotopic (exact) mass is 445 g/mol. The van der Waals surface area contributed by atoms with Gasteiger partial charge in [-0.05, 0) is 36.8 Å². The van der Waals surface area contributed by atoms with E-state index in [9.17, 15) is 18.0 Å². The second-order valence-corrected chi connectivity index (χ2v) is 8.69. The maximum absolute atomic E-state index is 13.5. The molecule has 31 heavy (non-hydrogen) atoms. The van der Waals surface area contributed by atoms with Gasteiger partial charge in [0.15, 0.2) is 17.3 Å². The van der Waals surface area contributed by atoms with Gasteiger partial charge in [0, 0.05) is 0 Å². The summed E-state index contributed by atoms with van der Waals surface area (Å²) in [7, 11) is -2.02. The fourth-order valence-corrected chi connectivity index (χ4v) is 5.06. The zero-order valence-corrected chi connectivity index (χ0v) is 17.8. The molecule has 4 rings (SSSR count). The van der Waals surface area contributed by atoms with Gasteiger partial charge in [-0.2, -0.15) is 0 Å². The highest BCUT2D eigenvalue weighted by atomic mass is 32.2. The summed E-state index contributed by atoms with van der Waals surface area (Å²) in [6.07, 6.45) is 0. The molecule has 0 aromatic heterocycles. The van der Waals surface area contributed by atoms with E-state index in [-0.39, 0.29) is 17.3 Å². The number of hydrogen-bond acceptors (Lipinski definition) is 8. The molecule has 2 heterocycles. The zero-order chi connectivity index (χ0) is 22.3. The van der Waals surface area contributed by atoms with Crippen LogP contribution in [-0.4, -0.2) is 45.6 Å². The van der Waals surface area contributed by atoms with Gasteiger partial charge in [0.05, 0.1) is 19.1 Å². The maximum Gasteiger partial charge on any atom is 0.340 e. The molecule has 9 nitrogen and oxygen atoms in total. The van der Waals surface area contributed by atoms with E-state index in [4.69, 9.17) is 18.9 Å². The van der Waals surface area contributed by atoms with Crippen LogP contribution in [0.5, 0.6) is 11.5 Å². The van der Waals surface area contributed by atoms with Gasteiger partial charge < -0.3 is 18.9 Å². The number of nitrogens with zero attached hydrogens (tertiary/aromatic N) is 1. The largest absolute Gasteiger partial charge is 0.491 e. The van der Waals surface area contributed by atoms with Crippen LogP contribution in [0.1, 0.15) is 17.2 Å². The summed E-state index contributed by atoms with van der Waals surface area (Å²) in [5.74, 6) is -1.41. The molecule has 0 radical (unpaired) electrons. The average Bonchev–Trinajstić information content (AvgIpc) is 3.34. The summed E-state index contributed by atoms with van der Waals surface area (Å²) in [5, 5.41) is 0. The van der Waals surface area contributed by atoms with Crippen molar-refractivity contribution in [3.8, 4) is 11.5 Å². The molecule has 2 aromatic carbocycles. The van der Waals surface area contributed by atoms with Crippen LogP contribution in [0, 0.1) is 6.92 Å². The maximum atomic E-state index is 13.5. The van der Waals surface area contributed by atoms with Crippen LogP contribution in [0.3, 0.4) is 0 Å². The molecule has 0 aliphatic carbocycles. The molecule has 0 spiro atoms. The Bertz CT molecular complexity index is 1200. The first kappa shape index (κ1) is 20.7. The molecule has 1 atom stereocenters. The normalized spacial score (nSPS) is 17.8. The van der Waals surface area contributed by atoms with Crippen molar-refractivity contribution in [3.05, 3.63) is 64.9 Å². The lowest BCUT2D eigenvalue weighted by Crippen LogP contribution is -2.37. The molecule has 2 aliphatic rings. The Labute approximate surface area is 178 Å². The molecule has 0 saturated heterocycles. The minimum absolute atomic E-state index is 0.0107. The minimum Gasteiger partial charge on any atom is -0.491 e. The number of sulfonamides is 1. The second kappa shape index (κ2) is 7.62. The van der Waals surface area contributed by atoms with Crippen molar-refractivity contribution in [2.45, 2.75) is 17.9 Å². The smallest absolute Gasteiger partial charge is 0.340 e. The molecule has 10 heteroatoms. The summed E-state index contributed by atoms with van der Waals surface area (Å²) in [5.41, 5.74) is 0.954. The molecule has 0 bridgehead atoms. The van der Waals surface area contributed by atoms with Crippen LogP contribution in [0.15, 0.2) is 58.7 Å². The van der Waals surface area contributed by atoms with Gasteiger partial charge in [0.1, 0.15) is 11.6 Å². The summed E-state index contributed by atoms with van der Waals surface area (Å²) >= 11 is 0. The predicted octanol–water partition coefficient (Wildman–Crippen LogP) is 2.07. The van der Waals surface area contributed by atoms with E-state index in [0.717, 1.165) is 12.7 Å². The van der Waals surface area contributed by atoms with Gasteiger partial charge in [-0.15, -0.1) is 0 Å². The molecule has 0 N–H and O–H groups in total. The van der Waals surface area contributed by atoms with Crippen LogP contribution < -0.4 is 9.47 Å².